The predicted molar refractivity (Wildman–Crippen MR) is 70.4 cm³/mol. The van der Waals surface area contributed by atoms with Crippen molar-refractivity contribution in [2.24, 2.45) is 5.92 Å². The maximum absolute atomic E-state index is 5.20. The lowest BCUT2D eigenvalue weighted by molar-refractivity contribution is 0.0346. The summed E-state index contributed by atoms with van der Waals surface area (Å²) in [5, 5.41) is 3.30. The summed E-state index contributed by atoms with van der Waals surface area (Å²) in [6, 6.07) is 0.745. The smallest absolute Gasteiger partial charge is 0.0589 e. The van der Waals surface area contributed by atoms with Crippen LogP contribution in [0.25, 0.3) is 0 Å². The minimum atomic E-state index is 0.745. The molecule has 1 aliphatic carbocycles. The van der Waals surface area contributed by atoms with Crippen molar-refractivity contribution in [3.63, 3.8) is 0 Å². The van der Waals surface area contributed by atoms with Crippen LogP contribution in [0, 0.1) is 5.92 Å². The first kappa shape index (κ1) is 14.9. The number of nitrogens with one attached hydrogen (secondary N) is 1. The van der Waals surface area contributed by atoms with E-state index in [2.05, 4.69) is 10.2 Å². The lowest BCUT2D eigenvalue weighted by atomic mass is 9.78. The molecule has 0 saturated heterocycles. The number of methoxy groups -OCH3 is 2. The molecule has 17 heavy (non-hydrogen) atoms. The van der Waals surface area contributed by atoms with E-state index >= 15 is 0 Å². The largest absolute Gasteiger partial charge is 0.385 e. The molecule has 0 aromatic rings. The van der Waals surface area contributed by atoms with Gasteiger partial charge in [0.05, 0.1) is 6.61 Å². The van der Waals surface area contributed by atoms with Gasteiger partial charge in [0.2, 0.25) is 0 Å². The highest BCUT2D eigenvalue weighted by molar-refractivity contribution is 4.89. The van der Waals surface area contributed by atoms with Crippen LogP contribution < -0.4 is 5.32 Å². The highest BCUT2D eigenvalue weighted by atomic mass is 16.5. The summed E-state index contributed by atoms with van der Waals surface area (Å²) in [7, 11) is 5.59. The summed E-state index contributed by atoms with van der Waals surface area (Å²) in [4.78, 5) is 2.58. The van der Waals surface area contributed by atoms with Crippen LogP contribution >= 0.6 is 0 Å². The first-order valence-electron chi connectivity index (χ1n) is 6.70. The van der Waals surface area contributed by atoms with Gasteiger partial charge in [-0.15, -0.1) is 0 Å². The van der Waals surface area contributed by atoms with Gasteiger partial charge in [-0.05, 0) is 38.8 Å². The molecule has 0 amide bonds. The van der Waals surface area contributed by atoms with Gasteiger partial charge in [0.15, 0.2) is 0 Å². The Morgan fingerprint density at radius 2 is 1.88 bits per heavy atom. The molecule has 0 aromatic carbocycles. The molecule has 4 heteroatoms. The van der Waals surface area contributed by atoms with Crippen LogP contribution in [0.3, 0.4) is 0 Å². The molecule has 1 N–H and O–H groups in total. The quantitative estimate of drug-likeness (QED) is 0.581. The molecule has 0 radical (unpaired) electrons. The van der Waals surface area contributed by atoms with Crippen LogP contribution in [-0.4, -0.2) is 65.1 Å². The number of rotatable bonds is 10. The van der Waals surface area contributed by atoms with Crippen molar-refractivity contribution in [3.05, 3.63) is 0 Å². The second-order valence-corrected chi connectivity index (χ2v) is 4.84. The second kappa shape index (κ2) is 8.86. The molecule has 1 fully saturated rings. The van der Waals surface area contributed by atoms with Crippen LogP contribution in [0.15, 0.2) is 0 Å². The van der Waals surface area contributed by atoms with Gasteiger partial charge in [-0.3, -0.25) is 4.90 Å². The minimum absolute atomic E-state index is 0.745. The highest BCUT2D eigenvalue weighted by Crippen LogP contribution is 2.31. The zero-order chi connectivity index (χ0) is 12.5. The maximum Gasteiger partial charge on any atom is 0.0589 e. The standard InChI is InChI=1S/C13H28N2O2/c1-14-11-12-5-6-13(12)15(8-10-17-3)7-4-9-16-2/h12-14H,4-11H2,1-3H3. The van der Waals surface area contributed by atoms with E-state index in [9.17, 15) is 0 Å². The molecule has 2 unspecified atom stereocenters. The Balaban J connectivity index is 2.32. The van der Waals surface area contributed by atoms with E-state index in [-0.39, 0.29) is 0 Å². The molecule has 102 valence electrons. The normalized spacial score (nSPS) is 24.0. The van der Waals surface area contributed by atoms with E-state index in [1.54, 1.807) is 14.2 Å². The molecular formula is C13H28N2O2. The molecule has 0 aliphatic heterocycles. The number of hydrogen-bond donors (Lipinski definition) is 1. The SMILES string of the molecule is CNCC1CCC1N(CCCOC)CCOC. The van der Waals surface area contributed by atoms with Gasteiger partial charge < -0.3 is 14.8 Å². The summed E-state index contributed by atoms with van der Waals surface area (Å²) in [6.45, 7) is 4.99. The third-order valence-electron chi connectivity index (χ3n) is 3.69. The minimum Gasteiger partial charge on any atom is -0.385 e. The number of nitrogens with zero attached hydrogens (tertiary/aromatic N) is 1. The summed E-state index contributed by atoms with van der Waals surface area (Å²) >= 11 is 0. The summed E-state index contributed by atoms with van der Waals surface area (Å²) in [5.41, 5.74) is 0. The Morgan fingerprint density at radius 3 is 2.41 bits per heavy atom. The van der Waals surface area contributed by atoms with Crippen LogP contribution in [0.4, 0.5) is 0 Å². The number of ether oxygens (including phenoxy) is 2. The first-order chi connectivity index (χ1) is 8.33. The average Bonchev–Trinajstić information content (AvgIpc) is 2.31. The van der Waals surface area contributed by atoms with Gasteiger partial charge >= 0.3 is 0 Å². The van der Waals surface area contributed by atoms with Crippen LogP contribution in [0.5, 0.6) is 0 Å². The lowest BCUT2D eigenvalue weighted by Crippen LogP contribution is -2.51. The second-order valence-electron chi connectivity index (χ2n) is 4.84. The Morgan fingerprint density at radius 1 is 1.12 bits per heavy atom. The Kier molecular flexibility index (Phi) is 7.77. The van der Waals surface area contributed by atoms with Crippen molar-refractivity contribution in [3.8, 4) is 0 Å². The third-order valence-corrected chi connectivity index (χ3v) is 3.69. The molecule has 0 spiro atoms. The Labute approximate surface area is 106 Å². The topological polar surface area (TPSA) is 33.7 Å². The van der Waals surface area contributed by atoms with E-state index in [0.717, 1.165) is 51.2 Å². The number of hydrogen-bond acceptors (Lipinski definition) is 4. The molecule has 2 atom stereocenters. The van der Waals surface area contributed by atoms with E-state index in [1.165, 1.54) is 12.8 Å². The summed E-state index contributed by atoms with van der Waals surface area (Å²) in [5.74, 6) is 0.819. The van der Waals surface area contributed by atoms with Crippen LogP contribution in [0.1, 0.15) is 19.3 Å². The monoisotopic (exact) mass is 244 g/mol. The maximum atomic E-state index is 5.20. The van der Waals surface area contributed by atoms with Crippen molar-refractivity contribution in [1.82, 2.24) is 10.2 Å². The van der Waals surface area contributed by atoms with Crippen molar-refractivity contribution in [2.45, 2.75) is 25.3 Å². The third kappa shape index (κ3) is 4.92. The van der Waals surface area contributed by atoms with Gasteiger partial charge in [0, 0.05) is 40.0 Å². The summed E-state index contributed by atoms with van der Waals surface area (Å²) in [6.07, 6.45) is 3.81. The predicted octanol–water partition coefficient (Wildman–Crippen LogP) is 0.969. The van der Waals surface area contributed by atoms with Gasteiger partial charge in [-0.1, -0.05) is 0 Å². The van der Waals surface area contributed by atoms with Crippen LogP contribution in [0.2, 0.25) is 0 Å². The molecule has 0 aromatic heterocycles. The fraction of sp³-hybridized carbons (Fsp3) is 1.00. The fourth-order valence-corrected chi connectivity index (χ4v) is 2.60. The van der Waals surface area contributed by atoms with E-state index < -0.39 is 0 Å². The van der Waals surface area contributed by atoms with E-state index in [4.69, 9.17) is 9.47 Å². The molecule has 0 heterocycles. The first-order valence-corrected chi connectivity index (χ1v) is 6.70. The van der Waals surface area contributed by atoms with Crippen molar-refractivity contribution in [1.29, 1.82) is 0 Å². The van der Waals surface area contributed by atoms with Gasteiger partial charge in [-0.2, -0.15) is 0 Å². The molecular weight excluding hydrogens is 216 g/mol. The molecule has 1 aliphatic rings. The fourth-order valence-electron chi connectivity index (χ4n) is 2.60. The average molecular weight is 244 g/mol. The van der Waals surface area contributed by atoms with Gasteiger partial charge in [0.25, 0.3) is 0 Å². The molecule has 1 rings (SSSR count). The molecule has 1 saturated carbocycles. The zero-order valence-electron chi connectivity index (χ0n) is 11.6. The van der Waals surface area contributed by atoms with E-state index in [1.807, 2.05) is 7.05 Å². The lowest BCUT2D eigenvalue weighted by Gasteiger charge is -2.44. The zero-order valence-corrected chi connectivity index (χ0v) is 11.6. The van der Waals surface area contributed by atoms with Gasteiger partial charge in [0.1, 0.15) is 0 Å². The molecule has 0 bridgehead atoms. The van der Waals surface area contributed by atoms with Crippen molar-refractivity contribution in [2.75, 3.05) is 54.1 Å². The summed E-state index contributed by atoms with van der Waals surface area (Å²) < 4.78 is 10.3. The highest BCUT2D eigenvalue weighted by Gasteiger charge is 2.34. The molecule has 4 nitrogen and oxygen atoms in total. The Bertz CT molecular complexity index is 190. The van der Waals surface area contributed by atoms with E-state index in [0.29, 0.717) is 0 Å². The van der Waals surface area contributed by atoms with Crippen molar-refractivity contribution < 1.29 is 9.47 Å². The van der Waals surface area contributed by atoms with Crippen molar-refractivity contribution >= 4 is 0 Å². The Hall–Kier alpha value is -0.160. The van der Waals surface area contributed by atoms with Crippen LogP contribution in [-0.2, 0) is 9.47 Å². The van der Waals surface area contributed by atoms with Gasteiger partial charge in [-0.25, -0.2) is 0 Å².